The summed E-state index contributed by atoms with van der Waals surface area (Å²) in [6.07, 6.45) is 26.9. The maximum Gasteiger partial charge on any atom is 0.249 e. The first kappa shape index (κ1) is 49.9. The standard InChI is InChI=1S/C43H83NO9/c1-3-5-7-9-11-13-15-16-17-18-19-20-22-24-26-28-30-32-37(47)42(51)44-35(34-52-43-41(50)40(49)39(48)38(33-45)53-43)36(46)31-29-27-25-23-21-14-12-10-8-6-4-2/h19-20,35-41,43,45-50H,3-18,21-34H2,1-2H3,(H,44,51)/b20-19-. The van der Waals surface area contributed by atoms with E-state index >= 15 is 0 Å². The van der Waals surface area contributed by atoms with Crippen molar-refractivity contribution in [3.8, 4) is 0 Å². The van der Waals surface area contributed by atoms with Gasteiger partial charge in [-0.25, -0.2) is 0 Å². The molecule has 0 saturated carbocycles. The van der Waals surface area contributed by atoms with E-state index in [9.17, 15) is 35.4 Å². The predicted octanol–water partition coefficient (Wildman–Crippen LogP) is 7.53. The molecule has 1 amide bonds. The van der Waals surface area contributed by atoms with Crippen molar-refractivity contribution >= 4 is 5.91 Å². The number of aliphatic hydroxyl groups is 6. The average Bonchev–Trinajstić information content (AvgIpc) is 3.16. The number of aliphatic hydroxyl groups excluding tert-OH is 6. The molecule has 0 aromatic rings. The second-order valence-electron chi connectivity index (χ2n) is 15.6. The summed E-state index contributed by atoms with van der Waals surface area (Å²) in [5.41, 5.74) is 0. The third-order valence-electron chi connectivity index (χ3n) is 10.7. The quantitative estimate of drug-likeness (QED) is 0.0252. The third-order valence-corrected chi connectivity index (χ3v) is 10.7. The van der Waals surface area contributed by atoms with Crippen LogP contribution in [0.1, 0.15) is 194 Å². The highest BCUT2D eigenvalue weighted by Crippen LogP contribution is 2.23. The van der Waals surface area contributed by atoms with Crippen LogP contribution >= 0.6 is 0 Å². The zero-order valence-electron chi connectivity index (χ0n) is 33.9. The average molecular weight is 758 g/mol. The summed E-state index contributed by atoms with van der Waals surface area (Å²) in [4.78, 5) is 13.0. The van der Waals surface area contributed by atoms with Crippen molar-refractivity contribution in [2.75, 3.05) is 13.2 Å². The monoisotopic (exact) mass is 758 g/mol. The first-order chi connectivity index (χ1) is 25.8. The summed E-state index contributed by atoms with van der Waals surface area (Å²) >= 11 is 0. The molecule has 10 nitrogen and oxygen atoms in total. The largest absolute Gasteiger partial charge is 0.394 e. The van der Waals surface area contributed by atoms with E-state index in [-0.39, 0.29) is 6.61 Å². The Bertz CT molecular complexity index is 860. The highest BCUT2D eigenvalue weighted by atomic mass is 16.7. The van der Waals surface area contributed by atoms with E-state index in [1.54, 1.807) is 0 Å². The molecule has 1 aliphatic rings. The summed E-state index contributed by atoms with van der Waals surface area (Å²) in [5.74, 6) is -0.593. The highest BCUT2D eigenvalue weighted by molar-refractivity contribution is 5.80. The number of carbonyl (C=O) groups excluding carboxylic acids is 1. The molecule has 8 atom stereocenters. The first-order valence-corrected chi connectivity index (χ1v) is 22.0. The van der Waals surface area contributed by atoms with Crippen molar-refractivity contribution in [1.82, 2.24) is 5.32 Å². The molecule has 0 aromatic heterocycles. The second kappa shape index (κ2) is 34.2. The Morgan fingerprint density at radius 2 is 1.06 bits per heavy atom. The molecule has 0 spiro atoms. The number of carbonyl (C=O) groups is 1. The number of hydrogen-bond acceptors (Lipinski definition) is 9. The van der Waals surface area contributed by atoms with Gasteiger partial charge in [-0.2, -0.15) is 0 Å². The molecule has 8 unspecified atom stereocenters. The Labute approximate surface area is 323 Å². The minimum absolute atomic E-state index is 0.257. The van der Waals surface area contributed by atoms with Crippen LogP contribution in [0, 0.1) is 0 Å². The third kappa shape index (κ3) is 24.9. The molecule has 0 bridgehead atoms. The maximum atomic E-state index is 13.0. The smallest absolute Gasteiger partial charge is 0.249 e. The van der Waals surface area contributed by atoms with E-state index in [1.165, 1.54) is 103 Å². The van der Waals surface area contributed by atoms with Gasteiger partial charge in [-0.05, 0) is 38.5 Å². The van der Waals surface area contributed by atoms with Crippen LogP contribution in [-0.2, 0) is 14.3 Å². The molecule has 0 aliphatic carbocycles. The van der Waals surface area contributed by atoms with Gasteiger partial charge >= 0.3 is 0 Å². The number of nitrogens with one attached hydrogen (secondary N) is 1. The van der Waals surface area contributed by atoms with Crippen molar-refractivity contribution in [3.05, 3.63) is 12.2 Å². The molecule has 1 aliphatic heterocycles. The van der Waals surface area contributed by atoms with Crippen molar-refractivity contribution in [3.63, 3.8) is 0 Å². The summed E-state index contributed by atoms with van der Waals surface area (Å²) in [6, 6.07) is -0.894. The lowest BCUT2D eigenvalue weighted by Crippen LogP contribution is -2.60. The van der Waals surface area contributed by atoms with E-state index in [0.717, 1.165) is 57.8 Å². The topological polar surface area (TPSA) is 169 Å². The number of allylic oxidation sites excluding steroid dienone is 2. The van der Waals surface area contributed by atoms with Crippen molar-refractivity contribution in [2.24, 2.45) is 0 Å². The van der Waals surface area contributed by atoms with Crippen LogP contribution in [0.25, 0.3) is 0 Å². The molecule has 0 radical (unpaired) electrons. The zero-order valence-corrected chi connectivity index (χ0v) is 33.9. The molecule has 314 valence electrons. The fourth-order valence-electron chi connectivity index (χ4n) is 7.04. The first-order valence-electron chi connectivity index (χ1n) is 22.0. The fourth-order valence-corrected chi connectivity index (χ4v) is 7.04. The maximum absolute atomic E-state index is 13.0. The summed E-state index contributed by atoms with van der Waals surface area (Å²) in [5, 5.41) is 64.6. The molecule has 1 heterocycles. The van der Waals surface area contributed by atoms with Crippen LogP contribution < -0.4 is 5.32 Å². The predicted molar refractivity (Wildman–Crippen MR) is 213 cm³/mol. The van der Waals surface area contributed by atoms with Crippen LogP contribution in [0.2, 0.25) is 0 Å². The highest BCUT2D eigenvalue weighted by Gasteiger charge is 2.44. The molecule has 7 N–H and O–H groups in total. The van der Waals surface area contributed by atoms with Gasteiger partial charge in [0.05, 0.1) is 25.4 Å². The fraction of sp³-hybridized carbons (Fsp3) is 0.930. The van der Waals surface area contributed by atoms with E-state index in [0.29, 0.717) is 19.3 Å². The number of unbranched alkanes of at least 4 members (excludes halogenated alkanes) is 23. The van der Waals surface area contributed by atoms with Crippen LogP contribution in [-0.4, -0.2) is 98.7 Å². The number of rotatable bonds is 36. The van der Waals surface area contributed by atoms with Gasteiger partial charge in [0, 0.05) is 0 Å². The van der Waals surface area contributed by atoms with Crippen molar-refractivity contribution in [2.45, 2.75) is 243 Å². The van der Waals surface area contributed by atoms with Gasteiger partial charge < -0.3 is 45.4 Å². The Morgan fingerprint density at radius 1 is 0.623 bits per heavy atom. The van der Waals surface area contributed by atoms with Crippen LogP contribution in [0.15, 0.2) is 12.2 Å². The van der Waals surface area contributed by atoms with Gasteiger partial charge in [0.15, 0.2) is 6.29 Å². The van der Waals surface area contributed by atoms with Crippen LogP contribution in [0.5, 0.6) is 0 Å². The Morgan fingerprint density at radius 3 is 1.53 bits per heavy atom. The lowest BCUT2D eigenvalue weighted by atomic mass is 9.99. The molecule has 0 aromatic carbocycles. The van der Waals surface area contributed by atoms with Crippen LogP contribution in [0.4, 0.5) is 0 Å². The summed E-state index contributed by atoms with van der Waals surface area (Å²) in [6.45, 7) is 3.64. The Balaban J connectivity index is 2.40. The summed E-state index contributed by atoms with van der Waals surface area (Å²) in [7, 11) is 0. The number of hydrogen-bond donors (Lipinski definition) is 7. The molecule has 1 fully saturated rings. The van der Waals surface area contributed by atoms with E-state index in [2.05, 4.69) is 31.3 Å². The lowest BCUT2D eigenvalue weighted by Gasteiger charge is -2.40. The molecule has 53 heavy (non-hydrogen) atoms. The van der Waals surface area contributed by atoms with E-state index < -0.39 is 61.5 Å². The minimum Gasteiger partial charge on any atom is -0.394 e. The SMILES string of the molecule is CCCCCCCCCCC/C=C\CCCCCCC(O)C(=O)NC(COC1OC(CO)C(O)C(O)C1O)C(O)CCCCCCCCCCCCC. The van der Waals surface area contributed by atoms with E-state index in [4.69, 9.17) is 9.47 Å². The molecular weight excluding hydrogens is 674 g/mol. The van der Waals surface area contributed by atoms with Crippen molar-refractivity contribution < 1.29 is 44.9 Å². The minimum atomic E-state index is -1.59. The number of amides is 1. The second-order valence-corrected chi connectivity index (χ2v) is 15.6. The van der Waals surface area contributed by atoms with Gasteiger partial charge in [0.2, 0.25) is 5.91 Å². The Hall–Kier alpha value is -1.11. The van der Waals surface area contributed by atoms with Crippen LogP contribution in [0.3, 0.4) is 0 Å². The van der Waals surface area contributed by atoms with E-state index in [1.807, 2.05) is 0 Å². The van der Waals surface area contributed by atoms with Gasteiger partial charge in [0.1, 0.15) is 30.5 Å². The molecule has 10 heteroatoms. The number of ether oxygens (including phenoxy) is 2. The van der Waals surface area contributed by atoms with Gasteiger partial charge in [-0.15, -0.1) is 0 Å². The Kier molecular flexibility index (Phi) is 32.2. The van der Waals surface area contributed by atoms with Gasteiger partial charge in [0.25, 0.3) is 0 Å². The normalized spacial score (nSPS) is 22.3. The van der Waals surface area contributed by atoms with Gasteiger partial charge in [-0.3, -0.25) is 4.79 Å². The summed E-state index contributed by atoms with van der Waals surface area (Å²) < 4.78 is 11.1. The molecule has 1 saturated heterocycles. The molecular formula is C43H83NO9. The lowest BCUT2D eigenvalue weighted by molar-refractivity contribution is -0.302. The van der Waals surface area contributed by atoms with Gasteiger partial charge in [-0.1, -0.05) is 167 Å². The molecule has 1 rings (SSSR count). The zero-order chi connectivity index (χ0) is 38.9. The van der Waals surface area contributed by atoms with Crippen molar-refractivity contribution in [1.29, 1.82) is 0 Å².